The van der Waals surface area contributed by atoms with Crippen LogP contribution in [0, 0.1) is 23.7 Å². The average molecular weight is 619 g/mol. The van der Waals surface area contributed by atoms with Crippen LogP contribution >= 0.6 is 0 Å². The fourth-order valence-corrected chi connectivity index (χ4v) is 7.28. The summed E-state index contributed by atoms with van der Waals surface area (Å²) in [6.45, 7) is 4.95. The fourth-order valence-electron chi connectivity index (χ4n) is 7.28. The maximum Gasteiger partial charge on any atom is 0.305 e. The number of hydrogen-bond donors (Lipinski definition) is 0. The van der Waals surface area contributed by atoms with Crippen LogP contribution in [-0.2, 0) is 19.1 Å². The molecule has 4 unspecified atom stereocenters. The second kappa shape index (κ2) is 27.1. The largest absolute Gasteiger partial charge is 0.462 e. The third kappa shape index (κ3) is 22.4. The molecule has 2 aliphatic carbocycles. The van der Waals surface area contributed by atoms with Gasteiger partial charge in [0.1, 0.15) is 13.2 Å². The minimum absolute atomic E-state index is 0.156. The zero-order valence-corrected chi connectivity index (χ0v) is 29.6. The maximum atomic E-state index is 12.0. The first-order valence-electron chi connectivity index (χ1n) is 19.9. The van der Waals surface area contributed by atoms with Gasteiger partial charge in [0, 0.05) is 12.8 Å². The Kier molecular flexibility index (Phi) is 24.1. The zero-order chi connectivity index (χ0) is 31.5. The maximum absolute atomic E-state index is 12.0. The molecule has 4 heteroatoms. The molecule has 2 fully saturated rings. The summed E-state index contributed by atoms with van der Waals surface area (Å²) in [7, 11) is 0. The van der Waals surface area contributed by atoms with Crippen LogP contribution in [0.25, 0.3) is 0 Å². The van der Waals surface area contributed by atoms with Crippen LogP contribution in [0.15, 0.2) is 0 Å². The van der Waals surface area contributed by atoms with Crippen molar-refractivity contribution in [2.24, 2.45) is 23.7 Å². The van der Waals surface area contributed by atoms with Crippen LogP contribution in [0.2, 0.25) is 0 Å². The molecule has 2 saturated carbocycles. The first-order valence-corrected chi connectivity index (χ1v) is 19.9. The lowest BCUT2D eigenvalue weighted by Crippen LogP contribution is -2.13. The highest BCUT2D eigenvalue weighted by molar-refractivity contribution is 5.70. The molecule has 258 valence electrons. The van der Waals surface area contributed by atoms with Crippen molar-refractivity contribution in [2.75, 3.05) is 13.2 Å². The van der Waals surface area contributed by atoms with Gasteiger partial charge in [0.25, 0.3) is 0 Å². The van der Waals surface area contributed by atoms with Crippen LogP contribution in [0.3, 0.4) is 0 Å². The van der Waals surface area contributed by atoms with Crippen LogP contribution in [0.1, 0.15) is 206 Å². The van der Waals surface area contributed by atoms with Crippen molar-refractivity contribution in [3.8, 4) is 0 Å². The predicted molar refractivity (Wildman–Crippen MR) is 186 cm³/mol. The Hall–Kier alpha value is -1.06. The zero-order valence-electron chi connectivity index (χ0n) is 29.6. The molecule has 4 nitrogen and oxygen atoms in total. The van der Waals surface area contributed by atoms with Crippen molar-refractivity contribution in [1.82, 2.24) is 0 Å². The summed E-state index contributed by atoms with van der Waals surface area (Å²) in [4.78, 5) is 23.9. The lowest BCUT2D eigenvalue weighted by molar-refractivity contribution is -0.152. The Balaban J connectivity index is 1.24. The monoisotopic (exact) mass is 619 g/mol. The van der Waals surface area contributed by atoms with Crippen LogP contribution in [-0.4, -0.2) is 25.2 Å². The van der Waals surface area contributed by atoms with Gasteiger partial charge in [0.2, 0.25) is 0 Å². The van der Waals surface area contributed by atoms with E-state index in [9.17, 15) is 9.59 Å². The van der Waals surface area contributed by atoms with E-state index in [-0.39, 0.29) is 25.2 Å². The van der Waals surface area contributed by atoms with Gasteiger partial charge in [0.05, 0.1) is 0 Å². The van der Waals surface area contributed by atoms with Gasteiger partial charge >= 0.3 is 11.9 Å². The molecular formula is C40H74O4. The highest BCUT2D eigenvalue weighted by Crippen LogP contribution is 2.46. The summed E-state index contributed by atoms with van der Waals surface area (Å²) >= 11 is 0. The van der Waals surface area contributed by atoms with E-state index in [1.807, 2.05) is 0 Å². The lowest BCUT2D eigenvalue weighted by Gasteiger charge is -2.07. The molecule has 0 heterocycles. The molecular weight excluding hydrogens is 544 g/mol. The molecule has 0 aliphatic heterocycles. The van der Waals surface area contributed by atoms with E-state index in [0.717, 1.165) is 49.4 Å². The van der Waals surface area contributed by atoms with Crippen LogP contribution in [0.5, 0.6) is 0 Å². The first kappa shape index (κ1) is 39.1. The first-order chi connectivity index (χ1) is 21.6. The average Bonchev–Trinajstić information content (AvgIpc) is 3.95. The van der Waals surface area contributed by atoms with Crippen molar-refractivity contribution in [2.45, 2.75) is 206 Å². The molecule has 0 aromatic rings. The predicted octanol–water partition coefficient (Wildman–Crippen LogP) is 12.3. The molecule has 2 rings (SSSR count). The molecule has 0 aromatic carbocycles. The molecule has 0 radical (unpaired) electrons. The van der Waals surface area contributed by atoms with Gasteiger partial charge in [-0.05, 0) is 49.4 Å². The highest BCUT2D eigenvalue weighted by Gasteiger charge is 2.35. The van der Waals surface area contributed by atoms with E-state index in [1.54, 1.807) is 0 Å². The summed E-state index contributed by atoms with van der Waals surface area (Å²) in [5.41, 5.74) is 0. The molecule has 0 N–H and O–H groups in total. The van der Waals surface area contributed by atoms with E-state index in [2.05, 4.69) is 13.8 Å². The SMILES string of the molecule is CCCCCCCCC1CC1CCCCCCCC(=O)OCCOC(=O)CCCCCCCC1CC1CCCCCCCC. The summed E-state index contributed by atoms with van der Waals surface area (Å²) < 4.78 is 10.5. The number of ether oxygens (including phenoxy) is 2. The van der Waals surface area contributed by atoms with E-state index >= 15 is 0 Å². The fraction of sp³-hybridized carbons (Fsp3) is 0.950. The van der Waals surface area contributed by atoms with Crippen LogP contribution < -0.4 is 0 Å². The summed E-state index contributed by atoms with van der Waals surface area (Å²) in [5.74, 6) is 3.80. The number of unbranched alkanes of at least 4 members (excludes halogenated alkanes) is 18. The van der Waals surface area contributed by atoms with E-state index in [0.29, 0.717) is 12.8 Å². The topological polar surface area (TPSA) is 52.6 Å². The van der Waals surface area contributed by atoms with Crippen LogP contribution in [0.4, 0.5) is 0 Å². The van der Waals surface area contributed by atoms with Gasteiger partial charge in [0.15, 0.2) is 0 Å². The van der Waals surface area contributed by atoms with Crippen molar-refractivity contribution in [3.05, 3.63) is 0 Å². The minimum atomic E-state index is -0.156. The second-order valence-electron chi connectivity index (χ2n) is 14.7. The normalized spacial score (nSPS) is 20.5. The lowest BCUT2D eigenvalue weighted by atomic mass is 10.0. The van der Waals surface area contributed by atoms with E-state index < -0.39 is 0 Å². The van der Waals surface area contributed by atoms with Crippen molar-refractivity contribution >= 4 is 11.9 Å². The number of carbonyl (C=O) groups is 2. The molecule has 0 saturated heterocycles. The Morgan fingerprint density at radius 2 is 0.682 bits per heavy atom. The van der Waals surface area contributed by atoms with Crippen molar-refractivity contribution in [3.63, 3.8) is 0 Å². The molecule has 4 atom stereocenters. The third-order valence-electron chi connectivity index (χ3n) is 10.5. The van der Waals surface area contributed by atoms with E-state index in [1.165, 1.54) is 154 Å². The number of hydrogen-bond acceptors (Lipinski definition) is 4. The molecule has 0 bridgehead atoms. The summed E-state index contributed by atoms with van der Waals surface area (Å²) in [6, 6.07) is 0. The molecule has 2 aliphatic rings. The molecule has 0 amide bonds. The number of esters is 2. The minimum Gasteiger partial charge on any atom is -0.462 e. The molecule has 0 aromatic heterocycles. The van der Waals surface area contributed by atoms with Crippen molar-refractivity contribution < 1.29 is 19.1 Å². The summed E-state index contributed by atoms with van der Waals surface area (Å²) in [6.07, 6.45) is 38.5. The Morgan fingerprint density at radius 3 is 1.00 bits per heavy atom. The Morgan fingerprint density at radius 1 is 0.409 bits per heavy atom. The third-order valence-corrected chi connectivity index (χ3v) is 10.5. The summed E-state index contributed by atoms with van der Waals surface area (Å²) in [5, 5.41) is 0. The van der Waals surface area contributed by atoms with Gasteiger partial charge in [-0.3, -0.25) is 9.59 Å². The van der Waals surface area contributed by atoms with E-state index in [4.69, 9.17) is 9.47 Å². The number of carbonyl (C=O) groups excluding carboxylic acids is 2. The van der Waals surface area contributed by atoms with Crippen molar-refractivity contribution in [1.29, 1.82) is 0 Å². The van der Waals surface area contributed by atoms with Gasteiger partial charge in [-0.2, -0.15) is 0 Å². The molecule has 0 spiro atoms. The standard InChI is InChI=1S/C40H74O4/c1-3-5-7-9-13-19-25-35-33-37(35)27-21-15-11-17-23-29-39(41)43-31-32-44-40(42)30-24-18-12-16-22-28-38-34-36(38)26-20-14-10-8-6-4-2/h35-38H,3-34H2,1-2H3. The van der Waals surface area contributed by atoms with Gasteiger partial charge in [-0.1, -0.05) is 168 Å². The quantitative estimate of drug-likeness (QED) is 0.0542. The number of rotatable bonds is 33. The highest BCUT2D eigenvalue weighted by atomic mass is 16.6. The van der Waals surface area contributed by atoms with Gasteiger partial charge in [-0.25, -0.2) is 0 Å². The molecule has 44 heavy (non-hydrogen) atoms. The van der Waals surface area contributed by atoms with Gasteiger partial charge < -0.3 is 9.47 Å². The smallest absolute Gasteiger partial charge is 0.305 e. The second-order valence-corrected chi connectivity index (χ2v) is 14.7. The Bertz CT molecular complexity index is 633. The van der Waals surface area contributed by atoms with Gasteiger partial charge in [-0.15, -0.1) is 0 Å². The Labute approximate surface area is 274 Å².